The number of benzene rings is 7. The van der Waals surface area contributed by atoms with Crippen molar-refractivity contribution in [2.24, 2.45) is 0 Å². The molecule has 0 heterocycles. The maximum atomic E-state index is 8.75. The summed E-state index contributed by atoms with van der Waals surface area (Å²) in [7, 11) is 0. The van der Waals surface area contributed by atoms with E-state index in [-0.39, 0.29) is 35.8 Å². The van der Waals surface area contributed by atoms with E-state index < -0.39 is 0 Å². The fourth-order valence-electron chi connectivity index (χ4n) is 5.31. The van der Waals surface area contributed by atoms with Crippen LogP contribution in [0.2, 0.25) is 0 Å². The molecule has 0 aliphatic heterocycles. The van der Waals surface area contributed by atoms with E-state index in [0.717, 1.165) is 43.8 Å². The van der Waals surface area contributed by atoms with E-state index in [2.05, 4.69) is 72.8 Å². The molecule has 0 unspecified atom stereocenters. The largest absolute Gasteiger partial charge is 0.0629 e. The first-order chi connectivity index (χ1) is 19.9. The zero-order valence-corrected chi connectivity index (χ0v) is 19.5. The molecule has 0 amide bonds. The van der Waals surface area contributed by atoms with E-state index in [1.165, 1.54) is 10.8 Å². The van der Waals surface area contributed by atoms with Crippen molar-refractivity contribution in [1.29, 1.82) is 0 Å². The summed E-state index contributed by atoms with van der Waals surface area (Å²) in [6.45, 7) is 0. The van der Waals surface area contributed by atoms with E-state index in [1.54, 1.807) is 0 Å². The SMILES string of the molecule is [2H]c1c([2H])c([2H])c(-c2c3ccccc3c(-c3cccc(-c4ccc5ccccc5c4)c3)c3ccccc23)c([2H])c1[2H]. The summed E-state index contributed by atoms with van der Waals surface area (Å²) in [4.78, 5) is 0. The van der Waals surface area contributed by atoms with E-state index in [9.17, 15) is 0 Å². The van der Waals surface area contributed by atoms with Crippen LogP contribution in [-0.2, 0) is 0 Å². The Morgan fingerprint density at radius 3 is 1.56 bits per heavy atom. The maximum absolute atomic E-state index is 8.75. The van der Waals surface area contributed by atoms with E-state index in [4.69, 9.17) is 6.85 Å². The second kappa shape index (κ2) is 8.52. The van der Waals surface area contributed by atoms with Crippen LogP contribution < -0.4 is 0 Å². The molecule has 0 aliphatic carbocycles. The van der Waals surface area contributed by atoms with Crippen LogP contribution in [0.15, 0.2) is 145 Å². The Labute approximate surface area is 218 Å². The number of hydrogen-bond donors (Lipinski definition) is 0. The molecular formula is C36H24. The van der Waals surface area contributed by atoms with Crippen molar-refractivity contribution in [2.75, 3.05) is 0 Å². The van der Waals surface area contributed by atoms with Crippen molar-refractivity contribution in [3.63, 3.8) is 0 Å². The Morgan fingerprint density at radius 2 is 0.889 bits per heavy atom. The summed E-state index contributed by atoms with van der Waals surface area (Å²) < 4.78 is 42.3. The minimum atomic E-state index is -0.389. The van der Waals surface area contributed by atoms with Crippen molar-refractivity contribution < 1.29 is 6.85 Å². The minimum Gasteiger partial charge on any atom is -0.0622 e. The van der Waals surface area contributed by atoms with Gasteiger partial charge in [-0.05, 0) is 77.8 Å². The van der Waals surface area contributed by atoms with Gasteiger partial charge in [0.05, 0.1) is 6.85 Å². The Kier molecular flexibility index (Phi) is 3.80. The highest BCUT2D eigenvalue weighted by molar-refractivity contribution is 6.21. The van der Waals surface area contributed by atoms with Gasteiger partial charge in [0.15, 0.2) is 0 Å². The van der Waals surface area contributed by atoms with E-state index in [1.807, 2.05) is 42.5 Å². The van der Waals surface area contributed by atoms with Crippen molar-refractivity contribution in [2.45, 2.75) is 0 Å². The molecule has 7 aromatic rings. The van der Waals surface area contributed by atoms with Gasteiger partial charge in [0.2, 0.25) is 0 Å². The Morgan fingerprint density at radius 1 is 0.361 bits per heavy atom. The van der Waals surface area contributed by atoms with Gasteiger partial charge in [0.1, 0.15) is 0 Å². The van der Waals surface area contributed by atoms with Crippen LogP contribution in [0.1, 0.15) is 6.85 Å². The van der Waals surface area contributed by atoms with Crippen LogP contribution in [0.5, 0.6) is 0 Å². The van der Waals surface area contributed by atoms with Gasteiger partial charge < -0.3 is 0 Å². The molecule has 168 valence electrons. The first kappa shape index (κ1) is 16.1. The number of fused-ring (bicyclic) bond motifs is 3. The average molecular weight is 462 g/mol. The zero-order chi connectivity index (χ0) is 28.2. The maximum Gasteiger partial charge on any atom is 0.0629 e. The van der Waals surface area contributed by atoms with Gasteiger partial charge in [-0.1, -0.05) is 133 Å². The second-order valence-electron chi connectivity index (χ2n) is 8.98. The van der Waals surface area contributed by atoms with Crippen LogP contribution in [-0.4, -0.2) is 0 Å². The first-order valence-corrected chi connectivity index (χ1v) is 12.0. The number of rotatable bonds is 3. The van der Waals surface area contributed by atoms with Crippen molar-refractivity contribution >= 4 is 32.3 Å². The topological polar surface area (TPSA) is 0 Å². The fraction of sp³-hybridized carbons (Fsp3) is 0. The summed E-state index contributed by atoms with van der Waals surface area (Å²) in [6, 6.07) is 37.9. The molecule has 0 nitrogen and oxygen atoms in total. The Balaban J connectivity index is 1.54. The highest BCUT2D eigenvalue weighted by atomic mass is 14.2. The molecular weight excluding hydrogens is 432 g/mol. The molecule has 0 bridgehead atoms. The highest BCUT2D eigenvalue weighted by Gasteiger charge is 2.16. The summed E-state index contributed by atoms with van der Waals surface area (Å²) in [5.74, 6) is 0. The smallest absolute Gasteiger partial charge is 0.0622 e. The number of hydrogen-bond acceptors (Lipinski definition) is 0. The quantitative estimate of drug-likeness (QED) is 0.230. The van der Waals surface area contributed by atoms with Crippen LogP contribution in [0.25, 0.3) is 65.7 Å². The van der Waals surface area contributed by atoms with Crippen LogP contribution in [0, 0.1) is 0 Å². The summed E-state index contributed by atoms with van der Waals surface area (Å²) >= 11 is 0. The Bertz CT molecular complexity index is 2080. The van der Waals surface area contributed by atoms with Crippen molar-refractivity contribution in [1.82, 2.24) is 0 Å². The third-order valence-electron chi connectivity index (χ3n) is 6.92. The predicted octanol–water partition coefficient (Wildman–Crippen LogP) is 10.1. The van der Waals surface area contributed by atoms with Crippen molar-refractivity contribution in [3.05, 3.63) is 145 Å². The van der Waals surface area contributed by atoms with Gasteiger partial charge in [0.25, 0.3) is 0 Å². The molecule has 0 aromatic heterocycles. The lowest BCUT2D eigenvalue weighted by Gasteiger charge is -2.18. The fourth-order valence-corrected chi connectivity index (χ4v) is 5.31. The van der Waals surface area contributed by atoms with Gasteiger partial charge in [-0.3, -0.25) is 0 Å². The highest BCUT2D eigenvalue weighted by Crippen LogP contribution is 2.44. The molecule has 0 atom stereocenters. The molecule has 0 spiro atoms. The van der Waals surface area contributed by atoms with Gasteiger partial charge in [-0.25, -0.2) is 0 Å². The normalized spacial score (nSPS) is 13.3. The van der Waals surface area contributed by atoms with Crippen LogP contribution in [0.3, 0.4) is 0 Å². The van der Waals surface area contributed by atoms with Gasteiger partial charge in [-0.15, -0.1) is 0 Å². The Hall–Kier alpha value is -4.68. The molecule has 0 saturated carbocycles. The molecule has 7 aromatic carbocycles. The lowest BCUT2D eigenvalue weighted by atomic mass is 9.85. The molecule has 0 N–H and O–H groups in total. The zero-order valence-electron chi connectivity index (χ0n) is 24.5. The van der Waals surface area contributed by atoms with E-state index >= 15 is 0 Å². The van der Waals surface area contributed by atoms with Crippen LogP contribution in [0.4, 0.5) is 0 Å². The lowest BCUT2D eigenvalue weighted by Crippen LogP contribution is -1.91. The molecule has 0 heteroatoms. The van der Waals surface area contributed by atoms with E-state index in [0.29, 0.717) is 5.56 Å². The lowest BCUT2D eigenvalue weighted by molar-refractivity contribution is 1.62. The second-order valence-corrected chi connectivity index (χ2v) is 8.98. The molecule has 0 saturated heterocycles. The summed E-state index contributed by atoms with van der Waals surface area (Å²) in [6.07, 6.45) is 0. The molecule has 0 aliphatic rings. The average Bonchev–Trinajstić information content (AvgIpc) is 3.02. The monoisotopic (exact) mass is 461 g/mol. The molecule has 36 heavy (non-hydrogen) atoms. The van der Waals surface area contributed by atoms with Gasteiger partial charge >= 0.3 is 0 Å². The van der Waals surface area contributed by atoms with Crippen LogP contribution >= 0.6 is 0 Å². The molecule has 0 radical (unpaired) electrons. The first-order valence-electron chi connectivity index (χ1n) is 14.5. The van der Waals surface area contributed by atoms with Gasteiger partial charge in [-0.2, -0.15) is 0 Å². The third-order valence-corrected chi connectivity index (χ3v) is 6.92. The molecule has 7 rings (SSSR count). The minimum absolute atomic E-state index is 0.197. The summed E-state index contributed by atoms with van der Waals surface area (Å²) in [5.41, 5.74) is 5.22. The summed E-state index contributed by atoms with van der Waals surface area (Å²) in [5, 5.41) is 6.00. The van der Waals surface area contributed by atoms with Gasteiger partial charge in [0, 0.05) is 0 Å². The predicted molar refractivity (Wildman–Crippen MR) is 155 cm³/mol. The third kappa shape index (κ3) is 3.39. The van der Waals surface area contributed by atoms with Crippen molar-refractivity contribution in [3.8, 4) is 33.4 Å². The molecule has 0 fully saturated rings. The standard InChI is InChI=1S/C36H24/c1-2-12-26(13-3-1)35-31-17-6-8-19-33(31)36(34-20-9-7-18-32(34)35)30-16-10-15-28(24-30)29-22-21-25-11-4-5-14-27(25)23-29/h1-24H/i1D,2D,3D,12D,13D.